The number of aromatic nitrogens is 2. The van der Waals surface area contributed by atoms with Crippen LogP contribution >= 0.6 is 15.9 Å². The standard InChI is InChI=1S/C21H22BrN5O2/c1-11-4-3-5-12(2)27(11)21-25-18-17(20(29)26-21)16(15(10-23)19(28)24-18)13-6-8-14(22)9-7-13/h6-9,11-12,15-16H,3-5H2,1-2H3,(H2,24,25,26,28,29). The van der Waals surface area contributed by atoms with Crippen molar-refractivity contribution in [2.75, 3.05) is 10.2 Å². The third-order valence-corrected chi connectivity index (χ3v) is 6.45. The van der Waals surface area contributed by atoms with Crippen LogP contribution in [0.5, 0.6) is 0 Å². The summed E-state index contributed by atoms with van der Waals surface area (Å²) in [7, 11) is 0. The van der Waals surface area contributed by atoms with Crippen LogP contribution in [0.1, 0.15) is 50.2 Å². The number of anilines is 2. The molecule has 0 aliphatic carbocycles. The van der Waals surface area contributed by atoms with Crippen LogP contribution in [0.2, 0.25) is 0 Å². The van der Waals surface area contributed by atoms with Gasteiger partial charge >= 0.3 is 0 Å². The van der Waals surface area contributed by atoms with E-state index >= 15 is 0 Å². The number of halogens is 1. The van der Waals surface area contributed by atoms with Crippen LogP contribution in [0.25, 0.3) is 0 Å². The van der Waals surface area contributed by atoms with Crippen LogP contribution in [0.4, 0.5) is 11.8 Å². The van der Waals surface area contributed by atoms with Crippen molar-refractivity contribution in [1.82, 2.24) is 9.97 Å². The van der Waals surface area contributed by atoms with Crippen LogP contribution in [0, 0.1) is 17.2 Å². The molecule has 1 aromatic carbocycles. The van der Waals surface area contributed by atoms with E-state index in [-0.39, 0.29) is 23.5 Å². The number of fused-ring (bicyclic) bond motifs is 1. The normalized spacial score (nSPS) is 26.4. The molecule has 1 aromatic heterocycles. The molecule has 4 atom stereocenters. The lowest BCUT2D eigenvalue weighted by Gasteiger charge is -2.40. The maximum absolute atomic E-state index is 13.2. The molecule has 2 N–H and O–H groups in total. The highest BCUT2D eigenvalue weighted by atomic mass is 79.9. The number of rotatable bonds is 2. The first-order valence-electron chi connectivity index (χ1n) is 9.79. The van der Waals surface area contributed by atoms with E-state index in [2.05, 4.69) is 56.0 Å². The van der Waals surface area contributed by atoms with E-state index in [1.54, 1.807) is 0 Å². The van der Waals surface area contributed by atoms with Crippen molar-refractivity contribution in [1.29, 1.82) is 5.26 Å². The number of carbonyl (C=O) groups is 1. The first-order valence-corrected chi connectivity index (χ1v) is 10.6. The maximum Gasteiger partial charge on any atom is 0.258 e. The number of nitrogens with zero attached hydrogens (tertiary/aromatic N) is 3. The van der Waals surface area contributed by atoms with E-state index in [1.165, 1.54) is 0 Å². The number of piperidine rings is 1. The zero-order valence-electron chi connectivity index (χ0n) is 16.3. The minimum atomic E-state index is -0.995. The molecule has 0 bridgehead atoms. The van der Waals surface area contributed by atoms with E-state index < -0.39 is 17.7 Å². The SMILES string of the molecule is CC1CCCC(C)N1c1nc2c(c(=O)[nH]1)C(c1ccc(Br)cc1)C(C#N)C(=O)N2. The molecular formula is C21H22BrN5O2. The van der Waals surface area contributed by atoms with Gasteiger partial charge in [0.15, 0.2) is 0 Å². The fourth-order valence-electron chi connectivity index (χ4n) is 4.49. The van der Waals surface area contributed by atoms with Gasteiger partial charge in [0, 0.05) is 22.5 Å². The van der Waals surface area contributed by atoms with E-state index in [0.717, 1.165) is 29.3 Å². The Hall–Kier alpha value is -2.66. The van der Waals surface area contributed by atoms with Gasteiger partial charge in [0.1, 0.15) is 11.7 Å². The van der Waals surface area contributed by atoms with Gasteiger partial charge < -0.3 is 10.2 Å². The Balaban J connectivity index is 1.85. The lowest BCUT2D eigenvalue weighted by Crippen LogP contribution is -2.46. The molecule has 29 heavy (non-hydrogen) atoms. The molecule has 1 fully saturated rings. The van der Waals surface area contributed by atoms with Gasteiger partial charge in [-0.1, -0.05) is 28.1 Å². The number of H-pyrrole nitrogens is 1. The molecule has 1 saturated heterocycles. The van der Waals surface area contributed by atoms with Gasteiger partial charge in [-0.05, 0) is 50.8 Å². The maximum atomic E-state index is 13.2. The number of nitriles is 1. The fraction of sp³-hybridized carbons (Fsp3) is 0.429. The number of hydrogen-bond acceptors (Lipinski definition) is 5. The Morgan fingerprint density at radius 1 is 1.17 bits per heavy atom. The van der Waals surface area contributed by atoms with E-state index in [9.17, 15) is 14.9 Å². The molecule has 0 radical (unpaired) electrons. The van der Waals surface area contributed by atoms with Gasteiger partial charge in [-0.25, -0.2) is 0 Å². The number of carbonyl (C=O) groups excluding carboxylic acids is 1. The van der Waals surface area contributed by atoms with Gasteiger partial charge in [-0.2, -0.15) is 10.2 Å². The average molecular weight is 456 g/mol. The first-order chi connectivity index (χ1) is 13.9. The Bertz CT molecular complexity index is 1030. The van der Waals surface area contributed by atoms with Crippen LogP contribution in [0.3, 0.4) is 0 Å². The van der Waals surface area contributed by atoms with E-state index in [4.69, 9.17) is 0 Å². The third-order valence-electron chi connectivity index (χ3n) is 5.92. The second kappa shape index (κ2) is 7.64. The summed E-state index contributed by atoms with van der Waals surface area (Å²) in [6, 6.07) is 9.87. The van der Waals surface area contributed by atoms with Gasteiger partial charge in [-0.3, -0.25) is 14.6 Å². The van der Waals surface area contributed by atoms with Crippen molar-refractivity contribution in [3.63, 3.8) is 0 Å². The third kappa shape index (κ3) is 3.44. The molecular weight excluding hydrogens is 434 g/mol. The van der Waals surface area contributed by atoms with Crippen molar-refractivity contribution < 1.29 is 4.79 Å². The Morgan fingerprint density at radius 3 is 2.45 bits per heavy atom. The molecule has 2 aliphatic heterocycles. The summed E-state index contributed by atoms with van der Waals surface area (Å²) < 4.78 is 0.880. The van der Waals surface area contributed by atoms with Crippen LogP contribution < -0.4 is 15.8 Å². The van der Waals surface area contributed by atoms with Crippen molar-refractivity contribution in [2.24, 2.45) is 5.92 Å². The van der Waals surface area contributed by atoms with Crippen LogP contribution in [-0.4, -0.2) is 28.0 Å². The van der Waals surface area contributed by atoms with Crippen LogP contribution in [0.15, 0.2) is 33.5 Å². The van der Waals surface area contributed by atoms with Crippen LogP contribution in [-0.2, 0) is 4.79 Å². The first kappa shape index (κ1) is 19.6. The number of nitrogens with one attached hydrogen (secondary N) is 2. The smallest absolute Gasteiger partial charge is 0.258 e. The van der Waals surface area contributed by atoms with Gasteiger partial charge in [0.2, 0.25) is 11.9 Å². The minimum Gasteiger partial charge on any atom is -0.337 e. The quantitative estimate of drug-likeness (QED) is 0.720. The van der Waals surface area contributed by atoms with Gasteiger partial charge in [0.05, 0.1) is 11.6 Å². The summed E-state index contributed by atoms with van der Waals surface area (Å²) in [6.45, 7) is 4.23. The van der Waals surface area contributed by atoms with Gasteiger partial charge in [-0.15, -0.1) is 0 Å². The number of benzene rings is 1. The Kier molecular flexibility index (Phi) is 5.17. The van der Waals surface area contributed by atoms with Crippen molar-refractivity contribution in [2.45, 2.75) is 51.1 Å². The van der Waals surface area contributed by atoms with Crippen molar-refractivity contribution in [3.05, 3.63) is 50.2 Å². The second-order valence-corrected chi connectivity index (χ2v) is 8.73. The second-order valence-electron chi connectivity index (χ2n) is 7.81. The molecule has 0 saturated carbocycles. The molecule has 2 aliphatic rings. The lowest BCUT2D eigenvalue weighted by atomic mass is 9.79. The van der Waals surface area contributed by atoms with E-state index in [0.29, 0.717) is 11.5 Å². The van der Waals surface area contributed by atoms with Crippen molar-refractivity contribution in [3.8, 4) is 6.07 Å². The highest BCUT2D eigenvalue weighted by molar-refractivity contribution is 9.10. The molecule has 1 amide bonds. The molecule has 2 aromatic rings. The Morgan fingerprint density at radius 2 is 1.83 bits per heavy atom. The number of aromatic amines is 1. The Labute approximate surface area is 177 Å². The van der Waals surface area contributed by atoms with E-state index in [1.807, 2.05) is 24.3 Å². The highest BCUT2D eigenvalue weighted by Gasteiger charge is 2.40. The summed E-state index contributed by atoms with van der Waals surface area (Å²) in [5.74, 6) is -1.38. The molecule has 4 unspecified atom stereocenters. The predicted molar refractivity (Wildman–Crippen MR) is 114 cm³/mol. The zero-order chi connectivity index (χ0) is 20.7. The molecule has 150 valence electrons. The monoisotopic (exact) mass is 455 g/mol. The predicted octanol–water partition coefficient (Wildman–Crippen LogP) is 3.52. The molecule has 3 heterocycles. The summed E-state index contributed by atoms with van der Waals surface area (Å²) in [5.41, 5.74) is 0.748. The highest BCUT2D eigenvalue weighted by Crippen LogP contribution is 2.39. The van der Waals surface area contributed by atoms with Crippen molar-refractivity contribution >= 4 is 33.6 Å². The molecule has 4 rings (SSSR count). The number of amides is 1. The molecule has 8 heteroatoms. The summed E-state index contributed by atoms with van der Waals surface area (Å²) in [5, 5.41) is 12.3. The number of hydrogen-bond donors (Lipinski definition) is 2. The summed E-state index contributed by atoms with van der Waals surface area (Å²) >= 11 is 3.39. The topological polar surface area (TPSA) is 102 Å². The minimum absolute atomic E-state index is 0.244. The molecule has 7 nitrogen and oxygen atoms in total. The largest absolute Gasteiger partial charge is 0.337 e. The average Bonchev–Trinajstić information content (AvgIpc) is 2.67. The lowest BCUT2D eigenvalue weighted by molar-refractivity contribution is -0.119. The fourth-order valence-corrected chi connectivity index (χ4v) is 4.75. The molecule has 0 spiro atoms. The summed E-state index contributed by atoms with van der Waals surface area (Å²) in [4.78, 5) is 35.5. The van der Waals surface area contributed by atoms with Gasteiger partial charge in [0.25, 0.3) is 5.56 Å². The summed E-state index contributed by atoms with van der Waals surface area (Å²) in [6.07, 6.45) is 3.19. The zero-order valence-corrected chi connectivity index (χ0v) is 17.9.